The van der Waals surface area contributed by atoms with Gasteiger partial charge in [0, 0.05) is 24.7 Å². The van der Waals surface area contributed by atoms with Crippen molar-refractivity contribution in [3.8, 4) is 0 Å². The Kier molecular flexibility index (Phi) is 5.84. The molecule has 30 heavy (non-hydrogen) atoms. The molecule has 2 N–H and O–H groups in total. The summed E-state index contributed by atoms with van der Waals surface area (Å²) in [6, 6.07) is 14.6. The zero-order valence-electron chi connectivity index (χ0n) is 17.5. The van der Waals surface area contributed by atoms with Crippen molar-refractivity contribution in [2.45, 2.75) is 51.6 Å². The second-order valence-electron chi connectivity index (χ2n) is 8.56. The van der Waals surface area contributed by atoms with Crippen molar-refractivity contribution in [1.82, 2.24) is 14.9 Å². The fraction of sp³-hybridized carbons (Fsp3) is 0.375. The first-order valence-electron chi connectivity index (χ1n) is 10.6. The number of aromatic nitrogens is 2. The van der Waals surface area contributed by atoms with Crippen molar-refractivity contribution in [1.29, 1.82) is 0 Å². The summed E-state index contributed by atoms with van der Waals surface area (Å²) in [5.74, 6) is 0.978. The van der Waals surface area contributed by atoms with Gasteiger partial charge in [0.2, 0.25) is 11.8 Å². The highest BCUT2D eigenvalue weighted by Gasteiger charge is 2.31. The number of imidazole rings is 1. The van der Waals surface area contributed by atoms with Crippen LogP contribution in [0.4, 0.5) is 5.82 Å². The third-order valence-corrected chi connectivity index (χ3v) is 5.59. The van der Waals surface area contributed by atoms with Crippen molar-refractivity contribution < 1.29 is 9.59 Å². The van der Waals surface area contributed by atoms with Crippen molar-refractivity contribution in [3.63, 3.8) is 0 Å². The molecule has 0 radical (unpaired) electrons. The SMILES string of the molecule is CC(C)CC(=O)NC1CC(n2cnc(NC(=O)Cc3cccc4ccccc34)c2)C1. The van der Waals surface area contributed by atoms with E-state index in [9.17, 15) is 9.59 Å². The Bertz CT molecular complexity index is 1040. The van der Waals surface area contributed by atoms with E-state index in [2.05, 4.69) is 27.8 Å². The molecule has 0 unspecified atom stereocenters. The van der Waals surface area contributed by atoms with E-state index in [0.717, 1.165) is 29.2 Å². The van der Waals surface area contributed by atoms with E-state index in [1.165, 1.54) is 0 Å². The molecule has 1 fully saturated rings. The Morgan fingerprint density at radius 3 is 2.67 bits per heavy atom. The van der Waals surface area contributed by atoms with Gasteiger partial charge in [-0.25, -0.2) is 4.98 Å². The van der Waals surface area contributed by atoms with Crippen LogP contribution >= 0.6 is 0 Å². The topological polar surface area (TPSA) is 76.0 Å². The molecule has 0 atom stereocenters. The first kappa shape index (κ1) is 20.1. The van der Waals surface area contributed by atoms with E-state index < -0.39 is 0 Å². The van der Waals surface area contributed by atoms with Gasteiger partial charge in [-0.15, -0.1) is 0 Å². The minimum absolute atomic E-state index is 0.0796. The monoisotopic (exact) mass is 404 g/mol. The van der Waals surface area contributed by atoms with Crippen LogP contribution in [0.3, 0.4) is 0 Å². The van der Waals surface area contributed by atoms with Gasteiger partial charge in [-0.05, 0) is 35.1 Å². The quantitative estimate of drug-likeness (QED) is 0.623. The zero-order chi connectivity index (χ0) is 21.1. The molecule has 0 spiro atoms. The van der Waals surface area contributed by atoms with E-state index in [1.54, 1.807) is 6.33 Å². The molecule has 2 amide bonds. The summed E-state index contributed by atoms with van der Waals surface area (Å²) in [4.78, 5) is 28.8. The van der Waals surface area contributed by atoms with Gasteiger partial charge in [0.25, 0.3) is 0 Å². The number of carbonyl (C=O) groups is 2. The first-order valence-corrected chi connectivity index (χ1v) is 10.6. The predicted octanol–water partition coefficient (Wildman–Crippen LogP) is 4.08. The molecule has 1 saturated carbocycles. The summed E-state index contributed by atoms with van der Waals surface area (Å²) in [5, 5.41) is 8.22. The summed E-state index contributed by atoms with van der Waals surface area (Å²) in [6.45, 7) is 4.09. The lowest BCUT2D eigenvalue weighted by Crippen LogP contribution is -2.45. The van der Waals surface area contributed by atoms with Crippen LogP contribution in [0.1, 0.15) is 44.7 Å². The third kappa shape index (κ3) is 4.70. The molecule has 1 heterocycles. The molecule has 0 aliphatic heterocycles. The number of amides is 2. The molecule has 0 bridgehead atoms. The number of anilines is 1. The summed E-state index contributed by atoms with van der Waals surface area (Å²) in [7, 11) is 0. The molecule has 1 aliphatic rings. The molecule has 6 nitrogen and oxygen atoms in total. The molecule has 0 saturated heterocycles. The zero-order valence-corrected chi connectivity index (χ0v) is 17.5. The molecular formula is C24H28N4O2. The van der Waals surface area contributed by atoms with Crippen LogP contribution in [0, 0.1) is 5.92 Å². The molecule has 1 aromatic heterocycles. The number of hydrogen-bond acceptors (Lipinski definition) is 3. The first-order chi connectivity index (χ1) is 14.5. The number of rotatable bonds is 7. The Labute approximate surface area is 176 Å². The maximum absolute atomic E-state index is 12.5. The summed E-state index contributed by atoms with van der Waals surface area (Å²) in [6.07, 6.45) is 6.29. The number of carbonyl (C=O) groups excluding carboxylic acids is 2. The normalized spacial score (nSPS) is 18.2. The van der Waals surface area contributed by atoms with Crippen LogP contribution in [-0.2, 0) is 16.0 Å². The van der Waals surface area contributed by atoms with Crippen LogP contribution in [-0.4, -0.2) is 27.4 Å². The van der Waals surface area contributed by atoms with Crippen LogP contribution in [0.15, 0.2) is 55.0 Å². The van der Waals surface area contributed by atoms with Gasteiger partial charge in [0.15, 0.2) is 5.82 Å². The molecular weight excluding hydrogens is 376 g/mol. The van der Waals surface area contributed by atoms with Gasteiger partial charge in [0.1, 0.15) is 0 Å². The van der Waals surface area contributed by atoms with Gasteiger partial charge in [-0.3, -0.25) is 9.59 Å². The van der Waals surface area contributed by atoms with Crippen LogP contribution < -0.4 is 10.6 Å². The number of hydrogen-bond donors (Lipinski definition) is 2. The highest BCUT2D eigenvalue weighted by molar-refractivity contribution is 5.95. The van der Waals surface area contributed by atoms with Crippen molar-refractivity contribution in [3.05, 3.63) is 60.6 Å². The van der Waals surface area contributed by atoms with Gasteiger partial charge < -0.3 is 15.2 Å². The smallest absolute Gasteiger partial charge is 0.230 e. The summed E-state index contributed by atoms with van der Waals surface area (Å²) >= 11 is 0. The predicted molar refractivity (Wildman–Crippen MR) is 118 cm³/mol. The fourth-order valence-corrected chi connectivity index (χ4v) is 4.01. The maximum Gasteiger partial charge on any atom is 0.230 e. The minimum Gasteiger partial charge on any atom is -0.353 e. The average molecular weight is 405 g/mol. The van der Waals surface area contributed by atoms with Crippen molar-refractivity contribution in [2.24, 2.45) is 5.92 Å². The minimum atomic E-state index is -0.0796. The molecule has 6 heteroatoms. The van der Waals surface area contributed by atoms with Gasteiger partial charge in [-0.1, -0.05) is 56.3 Å². The second-order valence-corrected chi connectivity index (χ2v) is 8.56. The Hall–Kier alpha value is -3.15. The number of nitrogens with one attached hydrogen (secondary N) is 2. The highest BCUT2D eigenvalue weighted by Crippen LogP contribution is 2.33. The fourth-order valence-electron chi connectivity index (χ4n) is 4.01. The molecule has 1 aliphatic carbocycles. The number of benzene rings is 2. The number of fused-ring (bicyclic) bond motifs is 1. The van der Waals surface area contributed by atoms with Gasteiger partial charge >= 0.3 is 0 Å². The average Bonchev–Trinajstić information content (AvgIpc) is 3.11. The third-order valence-electron chi connectivity index (χ3n) is 5.59. The Morgan fingerprint density at radius 2 is 1.87 bits per heavy atom. The Morgan fingerprint density at radius 1 is 1.10 bits per heavy atom. The Balaban J connectivity index is 1.30. The summed E-state index contributed by atoms with van der Waals surface area (Å²) in [5.41, 5.74) is 1.00. The second kappa shape index (κ2) is 8.69. The largest absolute Gasteiger partial charge is 0.353 e. The molecule has 2 aromatic carbocycles. The standard InChI is InChI=1S/C24H28N4O2/c1-16(2)10-23(29)26-19-12-20(13-19)28-14-22(25-15-28)27-24(30)11-18-8-5-7-17-6-3-4-9-21(17)18/h3-9,14-16,19-20H,10-13H2,1-2H3,(H,26,29)(H,27,30). The van der Waals surface area contributed by atoms with E-state index in [-0.39, 0.29) is 17.9 Å². The lowest BCUT2D eigenvalue weighted by Gasteiger charge is -2.36. The maximum atomic E-state index is 12.5. The summed E-state index contributed by atoms with van der Waals surface area (Å²) < 4.78 is 2.03. The van der Waals surface area contributed by atoms with Gasteiger partial charge in [0.05, 0.1) is 12.7 Å². The van der Waals surface area contributed by atoms with E-state index in [4.69, 9.17) is 0 Å². The van der Waals surface area contributed by atoms with Crippen molar-refractivity contribution in [2.75, 3.05) is 5.32 Å². The number of nitrogens with zero attached hydrogens (tertiary/aromatic N) is 2. The lowest BCUT2D eigenvalue weighted by molar-refractivity contribution is -0.123. The molecule has 3 aromatic rings. The van der Waals surface area contributed by atoms with Crippen LogP contribution in [0.5, 0.6) is 0 Å². The van der Waals surface area contributed by atoms with Crippen molar-refractivity contribution >= 4 is 28.4 Å². The molecule has 156 valence electrons. The lowest BCUT2D eigenvalue weighted by atomic mass is 9.86. The van der Waals surface area contributed by atoms with Crippen LogP contribution in [0.2, 0.25) is 0 Å². The van der Waals surface area contributed by atoms with Gasteiger partial charge in [-0.2, -0.15) is 0 Å². The molecule has 4 rings (SSSR count). The van der Waals surface area contributed by atoms with E-state index in [1.807, 2.05) is 54.9 Å². The van der Waals surface area contributed by atoms with E-state index in [0.29, 0.717) is 30.6 Å². The van der Waals surface area contributed by atoms with E-state index >= 15 is 0 Å². The van der Waals surface area contributed by atoms with Crippen LogP contribution in [0.25, 0.3) is 10.8 Å². The highest BCUT2D eigenvalue weighted by atomic mass is 16.2.